The quantitative estimate of drug-likeness (QED) is 0.784. The highest BCUT2D eigenvalue weighted by Gasteiger charge is 2.26. The van der Waals surface area contributed by atoms with Gasteiger partial charge in [-0.3, -0.25) is 4.79 Å². The third-order valence-electron chi connectivity index (χ3n) is 3.24. The monoisotopic (exact) mass is 289 g/mol. The van der Waals surface area contributed by atoms with E-state index >= 15 is 0 Å². The number of methoxy groups -OCH3 is 1. The van der Waals surface area contributed by atoms with Crippen LogP contribution in [0.1, 0.15) is 23.2 Å². The lowest BCUT2D eigenvalue weighted by molar-refractivity contribution is 0.0268. The lowest BCUT2D eigenvalue weighted by Crippen LogP contribution is -2.43. The number of rotatable bonds is 2. The van der Waals surface area contributed by atoms with Crippen LogP contribution >= 0.6 is 11.6 Å². The van der Waals surface area contributed by atoms with Crippen molar-refractivity contribution in [3.8, 4) is 0 Å². The lowest BCUT2D eigenvalue weighted by atomic mass is 10.1. The predicted octanol–water partition coefficient (Wildman–Crippen LogP) is 2.87. The maximum absolute atomic E-state index is 13.2. The van der Waals surface area contributed by atoms with Crippen molar-refractivity contribution < 1.29 is 18.3 Å². The number of benzene rings is 1. The van der Waals surface area contributed by atoms with Crippen molar-refractivity contribution in [1.82, 2.24) is 4.90 Å². The second kappa shape index (κ2) is 5.84. The Morgan fingerprint density at radius 2 is 2.11 bits per heavy atom. The summed E-state index contributed by atoms with van der Waals surface area (Å²) in [5.74, 6) is -2.53. The topological polar surface area (TPSA) is 29.5 Å². The molecule has 0 aromatic heterocycles. The molecule has 1 unspecified atom stereocenters. The van der Waals surface area contributed by atoms with E-state index in [9.17, 15) is 13.6 Å². The summed E-state index contributed by atoms with van der Waals surface area (Å²) in [4.78, 5) is 13.8. The summed E-state index contributed by atoms with van der Waals surface area (Å²) in [6.45, 7) is 0.999. The summed E-state index contributed by atoms with van der Waals surface area (Å²) < 4.78 is 31.4. The van der Waals surface area contributed by atoms with E-state index in [1.54, 1.807) is 12.0 Å². The Balaban J connectivity index is 2.22. The molecular formula is C13H14ClF2NO2. The normalized spacial score (nSPS) is 19.6. The van der Waals surface area contributed by atoms with Crippen molar-refractivity contribution in [3.05, 3.63) is 34.4 Å². The Hall–Kier alpha value is -1.20. The Kier molecular flexibility index (Phi) is 4.37. The van der Waals surface area contributed by atoms with Crippen LogP contribution < -0.4 is 0 Å². The molecule has 0 spiro atoms. The number of hydrogen-bond acceptors (Lipinski definition) is 2. The number of ether oxygens (including phenoxy) is 1. The van der Waals surface area contributed by atoms with Crippen molar-refractivity contribution in [2.45, 2.75) is 18.9 Å². The van der Waals surface area contributed by atoms with E-state index in [1.165, 1.54) is 0 Å². The molecule has 104 valence electrons. The van der Waals surface area contributed by atoms with Gasteiger partial charge < -0.3 is 9.64 Å². The number of likely N-dealkylation sites (tertiary alicyclic amines) is 1. The highest BCUT2D eigenvalue weighted by atomic mass is 35.5. The fourth-order valence-corrected chi connectivity index (χ4v) is 2.40. The first-order valence-corrected chi connectivity index (χ1v) is 6.37. The standard InChI is InChI=1S/C13H14ClF2NO2/c1-19-8-3-2-4-17(7-8)13(18)9-5-11(15)12(16)6-10(9)14/h5-6,8H,2-4,7H2,1H3. The zero-order valence-corrected chi connectivity index (χ0v) is 11.2. The molecule has 19 heavy (non-hydrogen) atoms. The number of carbonyl (C=O) groups is 1. The van der Waals surface area contributed by atoms with Gasteiger partial charge in [0.15, 0.2) is 11.6 Å². The molecule has 0 aliphatic carbocycles. The molecular weight excluding hydrogens is 276 g/mol. The number of carbonyl (C=O) groups excluding carboxylic acids is 1. The number of hydrogen-bond donors (Lipinski definition) is 0. The van der Waals surface area contributed by atoms with Gasteiger partial charge in [0, 0.05) is 20.2 Å². The maximum Gasteiger partial charge on any atom is 0.255 e. The molecule has 1 aliphatic heterocycles. The summed E-state index contributed by atoms with van der Waals surface area (Å²) in [5.41, 5.74) is -0.0164. The van der Waals surface area contributed by atoms with Crippen LogP contribution in [-0.4, -0.2) is 37.1 Å². The first kappa shape index (κ1) is 14.2. The van der Waals surface area contributed by atoms with Crippen LogP contribution in [0.25, 0.3) is 0 Å². The van der Waals surface area contributed by atoms with Crippen LogP contribution in [0.15, 0.2) is 12.1 Å². The third-order valence-corrected chi connectivity index (χ3v) is 3.55. The van der Waals surface area contributed by atoms with Crippen LogP contribution in [0.5, 0.6) is 0 Å². The summed E-state index contributed by atoms with van der Waals surface area (Å²) in [6.07, 6.45) is 1.67. The van der Waals surface area contributed by atoms with E-state index in [-0.39, 0.29) is 16.7 Å². The smallest absolute Gasteiger partial charge is 0.255 e. The molecule has 2 rings (SSSR count). The van der Waals surface area contributed by atoms with Gasteiger partial charge >= 0.3 is 0 Å². The minimum Gasteiger partial charge on any atom is -0.380 e. The van der Waals surface area contributed by atoms with E-state index in [0.29, 0.717) is 13.1 Å². The molecule has 1 saturated heterocycles. The average molecular weight is 290 g/mol. The molecule has 1 aromatic carbocycles. The fraction of sp³-hybridized carbons (Fsp3) is 0.462. The Labute approximate surface area is 115 Å². The second-order valence-electron chi connectivity index (χ2n) is 4.50. The van der Waals surface area contributed by atoms with E-state index < -0.39 is 17.5 Å². The molecule has 0 radical (unpaired) electrons. The average Bonchev–Trinajstić information content (AvgIpc) is 2.42. The third kappa shape index (κ3) is 3.04. The van der Waals surface area contributed by atoms with Gasteiger partial charge in [-0.1, -0.05) is 11.6 Å². The molecule has 1 fully saturated rings. The SMILES string of the molecule is COC1CCCN(C(=O)c2cc(F)c(F)cc2Cl)C1. The molecule has 3 nitrogen and oxygen atoms in total. The molecule has 0 N–H and O–H groups in total. The van der Waals surface area contributed by atoms with Gasteiger partial charge in [0.1, 0.15) is 0 Å². The van der Waals surface area contributed by atoms with Crippen LogP contribution in [-0.2, 0) is 4.74 Å². The minimum absolute atomic E-state index is 0.0164. The molecule has 1 atom stereocenters. The fourth-order valence-electron chi connectivity index (χ4n) is 2.17. The van der Waals surface area contributed by atoms with Crippen molar-refractivity contribution >= 4 is 17.5 Å². The van der Waals surface area contributed by atoms with E-state index in [4.69, 9.17) is 16.3 Å². The Bertz CT molecular complexity index is 496. The molecule has 0 saturated carbocycles. The van der Waals surface area contributed by atoms with Gasteiger partial charge in [-0.15, -0.1) is 0 Å². The van der Waals surface area contributed by atoms with Gasteiger partial charge in [-0.05, 0) is 25.0 Å². The second-order valence-corrected chi connectivity index (χ2v) is 4.90. The highest BCUT2D eigenvalue weighted by Crippen LogP contribution is 2.23. The zero-order valence-electron chi connectivity index (χ0n) is 10.5. The minimum atomic E-state index is -1.08. The highest BCUT2D eigenvalue weighted by molar-refractivity contribution is 6.33. The van der Waals surface area contributed by atoms with Crippen molar-refractivity contribution in [2.24, 2.45) is 0 Å². The van der Waals surface area contributed by atoms with Crippen molar-refractivity contribution in [3.63, 3.8) is 0 Å². The van der Waals surface area contributed by atoms with Gasteiger partial charge in [-0.2, -0.15) is 0 Å². The summed E-state index contributed by atoms with van der Waals surface area (Å²) in [5, 5.41) is -0.0801. The van der Waals surface area contributed by atoms with Crippen LogP contribution in [0.3, 0.4) is 0 Å². The molecule has 1 aliphatic rings. The summed E-state index contributed by atoms with van der Waals surface area (Å²) >= 11 is 5.80. The van der Waals surface area contributed by atoms with Gasteiger partial charge in [0.2, 0.25) is 0 Å². The van der Waals surface area contributed by atoms with E-state index in [2.05, 4.69) is 0 Å². The summed E-state index contributed by atoms with van der Waals surface area (Å²) in [6, 6.07) is 1.66. The molecule has 6 heteroatoms. The van der Waals surface area contributed by atoms with E-state index in [1.807, 2.05) is 0 Å². The molecule has 1 aromatic rings. The van der Waals surface area contributed by atoms with Crippen LogP contribution in [0, 0.1) is 11.6 Å². The van der Waals surface area contributed by atoms with Crippen LogP contribution in [0.4, 0.5) is 8.78 Å². The van der Waals surface area contributed by atoms with Gasteiger partial charge in [0.05, 0.1) is 16.7 Å². The van der Waals surface area contributed by atoms with Gasteiger partial charge in [0.25, 0.3) is 5.91 Å². The molecule has 1 amide bonds. The number of piperidine rings is 1. The van der Waals surface area contributed by atoms with Crippen molar-refractivity contribution in [1.29, 1.82) is 0 Å². The Morgan fingerprint density at radius 1 is 1.42 bits per heavy atom. The molecule has 0 bridgehead atoms. The first-order chi connectivity index (χ1) is 9.02. The zero-order chi connectivity index (χ0) is 14.0. The van der Waals surface area contributed by atoms with Crippen LogP contribution in [0.2, 0.25) is 5.02 Å². The Morgan fingerprint density at radius 3 is 2.79 bits per heavy atom. The lowest BCUT2D eigenvalue weighted by Gasteiger charge is -2.32. The number of halogens is 3. The van der Waals surface area contributed by atoms with E-state index in [0.717, 1.165) is 25.0 Å². The summed E-state index contributed by atoms with van der Waals surface area (Å²) in [7, 11) is 1.59. The largest absolute Gasteiger partial charge is 0.380 e. The maximum atomic E-state index is 13.2. The van der Waals surface area contributed by atoms with Crippen molar-refractivity contribution in [2.75, 3.05) is 20.2 Å². The molecule has 1 heterocycles. The first-order valence-electron chi connectivity index (χ1n) is 5.99. The predicted molar refractivity (Wildman–Crippen MR) is 67.3 cm³/mol. The number of amides is 1. The number of nitrogens with zero attached hydrogens (tertiary/aromatic N) is 1. The van der Waals surface area contributed by atoms with Gasteiger partial charge in [-0.25, -0.2) is 8.78 Å².